The van der Waals surface area contributed by atoms with E-state index in [1.54, 1.807) is 11.8 Å². The molecule has 158 valence electrons. The number of allylic oxidation sites excluding steroid dienone is 1. The van der Waals surface area contributed by atoms with Crippen molar-refractivity contribution in [2.45, 2.75) is 18.3 Å². The minimum Gasteiger partial charge on any atom is -0.464 e. The van der Waals surface area contributed by atoms with Crippen LogP contribution in [0.1, 0.15) is 6.92 Å². The highest BCUT2D eigenvalue weighted by Gasteiger charge is 2.51. The Morgan fingerprint density at radius 2 is 1.60 bits per heavy atom. The van der Waals surface area contributed by atoms with Gasteiger partial charge in [-0.2, -0.15) is 0 Å². The number of carbonyl (C=O) groups is 2. The fraction of sp³-hybridized carbons (Fsp3) is 0.217. The number of methoxy groups -OCH3 is 1. The summed E-state index contributed by atoms with van der Waals surface area (Å²) >= 11 is 1.55. The largest absolute Gasteiger partial charge is 0.464 e. The molecule has 0 saturated carbocycles. The Hall–Kier alpha value is -2.54. The predicted molar refractivity (Wildman–Crippen MR) is 124 cm³/mol. The Kier molecular flexibility index (Phi) is 8.29. The molecule has 2 heterocycles. The molecule has 1 unspecified atom stereocenters. The first-order valence-electron chi connectivity index (χ1n) is 9.23. The molecule has 1 amide bonds. The Labute approximate surface area is 187 Å². The Bertz CT molecular complexity index is 910. The number of hydrogen-bond acceptors (Lipinski definition) is 5. The molecular formula is C23H25ClN2O3S. The maximum absolute atomic E-state index is 11.8. The number of benzene rings is 2. The number of thioether (sulfide) groups is 1. The summed E-state index contributed by atoms with van der Waals surface area (Å²) in [6.45, 7) is 5.63. The van der Waals surface area contributed by atoms with Crippen LogP contribution in [-0.2, 0) is 14.3 Å². The van der Waals surface area contributed by atoms with E-state index in [-0.39, 0.29) is 23.7 Å². The SMILES string of the molecule is C=C(C)C1=C(C(=O)OC)N2C(=O)C(N)[C@H]2SC1.Cl.c1ccc(-c2ccccc2)cc1. The number of nitrogens with zero attached hydrogens (tertiary/aromatic N) is 1. The standard InChI is InChI=1S/C12H10.C11H14N2O3S.ClH/c1-3-7-11(8-4-1)12-9-5-2-6-10-12;1-5(2)6-4-17-10-7(12)9(14)13(10)8(6)11(15)16-3;/h1-10H;7,10H,1,4,12H2,2-3H3;1H/t;7?,10-;/m.1./s1. The summed E-state index contributed by atoms with van der Waals surface area (Å²) in [7, 11) is 1.30. The summed E-state index contributed by atoms with van der Waals surface area (Å²) in [4.78, 5) is 24.9. The van der Waals surface area contributed by atoms with Crippen molar-refractivity contribution >= 4 is 36.0 Å². The molecule has 1 fully saturated rings. The molecule has 2 aromatic rings. The fourth-order valence-corrected chi connectivity index (χ4v) is 4.59. The summed E-state index contributed by atoms with van der Waals surface area (Å²) in [6.07, 6.45) is 0. The maximum Gasteiger partial charge on any atom is 0.355 e. The zero-order valence-electron chi connectivity index (χ0n) is 16.9. The third-order valence-electron chi connectivity index (χ3n) is 4.78. The number of amides is 1. The third kappa shape index (κ3) is 4.78. The number of esters is 1. The quantitative estimate of drug-likeness (QED) is 0.572. The van der Waals surface area contributed by atoms with E-state index in [4.69, 9.17) is 10.5 Å². The fourth-order valence-electron chi connectivity index (χ4n) is 3.19. The second-order valence-corrected chi connectivity index (χ2v) is 7.87. The van der Waals surface area contributed by atoms with E-state index in [1.807, 2.05) is 19.1 Å². The van der Waals surface area contributed by atoms with Crippen molar-refractivity contribution < 1.29 is 14.3 Å². The van der Waals surface area contributed by atoms with Gasteiger partial charge in [-0.25, -0.2) is 4.79 Å². The number of halogens is 1. The lowest BCUT2D eigenvalue weighted by molar-refractivity contribution is -0.149. The molecule has 0 radical (unpaired) electrons. The third-order valence-corrected chi connectivity index (χ3v) is 6.09. The number of fused-ring (bicyclic) bond motifs is 1. The lowest BCUT2D eigenvalue weighted by Gasteiger charge is -2.48. The van der Waals surface area contributed by atoms with Gasteiger partial charge in [0.2, 0.25) is 5.91 Å². The summed E-state index contributed by atoms with van der Waals surface area (Å²) in [6, 6.07) is 20.3. The van der Waals surface area contributed by atoms with Gasteiger partial charge < -0.3 is 10.5 Å². The number of rotatable bonds is 3. The highest BCUT2D eigenvalue weighted by Crippen LogP contribution is 2.41. The second kappa shape index (κ2) is 10.5. The van der Waals surface area contributed by atoms with Crippen LogP contribution in [0.4, 0.5) is 0 Å². The van der Waals surface area contributed by atoms with Crippen LogP contribution in [-0.4, -0.2) is 41.1 Å². The number of nitrogens with two attached hydrogens (primary N) is 1. The summed E-state index contributed by atoms with van der Waals surface area (Å²) < 4.78 is 4.72. The number of β-lactam (4-membered cyclic amide) rings is 1. The van der Waals surface area contributed by atoms with Gasteiger partial charge in [0.1, 0.15) is 17.1 Å². The normalized spacial score (nSPS) is 19.4. The van der Waals surface area contributed by atoms with Crippen molar-refractivity contribution in [2.24, 2.45) is 5.73 Å². The highest BCUT2D eigenvalue weighted by atomic mass is 35.5. The summed E-state index contributed by atoms with van der Waals surface area (Å²) in [5, 5.41) is -0.153. The topological polar surface area (TPSA) is 72.6 Å². The zero-order chi connectivity index (χ0) is 21.0. The number of ether oxygens (including phenoxy) is 1. The van der Waals surface area contributed by atoms with Crippen LogP contribution in [0, 0.1) is 0 Å². The van der Waals surface area contributed by atoms with Crippen molar-refractivity contribution in [2.75, 3.05) is 12.9 Å². The molecule has 2 aromatic carbocycles. The molecule has 0 bridgehead atoms. The molecule has 0 spiro atoms. The molecule has 0 aliphatic carbocycles. The van der Waals surface area contributed by atoms with Gasteiger partial charge in [-0.15, -0.1) is 24.2 Å². The molecule has 0 aromatic heterocycles. The van der Waals surface area contributed by atoms with Crippen molar-refractivity contribution in [1.82, 2.24) is 4.90 Å². The van der Waals surface area contributed by atoms with E-state index in [9.17, 15) is 9.59 Å². The van der Waals surface area contributed by atoms with Gasteiger partial charge >= 0.3 is 5.97 Å². The van der Waals surface area contributed by atoms with E-state index in [0.717, 1.165) is 11.1 Å². The number of carbonyl (C=O) groups excluding carboxylic acids is 2. The van der Waals surface area contributed by atoms with Gasteiger partial charge in [0, 0.05) is 5.75 Å². The van der Waals surface area contributed by atoms with E-state index >= 15 is 0 Å². The Morgan fingerprint density at radius 3 is 2.03 bits per heavy atom. The lowest BCUT2D eigenvalue weighted by Crippen LogP contribution is -2.68. The Balaban J connectivity index is 0.000000218. The van der Waals surface area contributed by atoms with Gasteiger partial charge in [-0.3, -0.25) is 9.69 Å². The molecule has 2 N–H and O–H groups in total. The smallest absolute Gasteiger partial charge is 0.355 e. The molecule has 7 heteroatoms. The summed E-state index contributed by atoms with van der Waals surface area (Å²) in [5.41, 5.74) is 10.1. The molecule has 5 nitrogen and oxygen atoms in total. The van der Waals surface area contributed by atoms with Crippen LogP contribution < -0.4 is 5.73 Å². The van der Waals surface area contributed by atoms with Crippen LogP contribution in [0.2, 0.25) is 0 Å². The molecule has 1 saturated heterocycles. The molecule has 2 aliphatic heterocycles. The molecule has 4 rings (SSSR count). The molecule has 2 atom stereocenters. The van der Waals surface area contributed by atoms with Crippen LogP contribution in [0.25, 0.3) is 11.1 Å². The van der Waals surface area contributed by atoms with Crippen LogP contribution in [0.15, 0.2) is 84.1 Å². The zero-order valence-corrected chi connectivity index (χ0v) is 18.5. The van der Waals surface area contributed by atoms with Gasteiger partial charge in [-0.05, 0) is 23.6 Å². The van der Waals surface area contributed by atoms with Crippen molar-refractivity contribution in [3.05, 3.63) is 84.1 Å². The maximum atomic E-state index is 11.8. The first-order chi connectivity index (χ1) is 14.0. The Morgan fingerprint density at radius 1 is 1.10 bits per heavy atom. The van der Waals surface area contributed by atoms with E-state index in [0.29, 0.717) is 11.4 Å². The van der Waals surface area contributed by atoms with Crippen molar-refractivity contribution in [3.63, 3.8) is 0 Å². The van der Waals surface area contributed by atoms with E-state index in [2.05, 4.69) is 55.1 Å². The molecule has 2 aliphatic rings. The molecular weight excluding hydrogens is 420 g/mol. The summed E-state index contributed by atoms with van der Waals surface area (Å²) in [5.74, 6) is -0.114. The first-order valence-corrected chi connectivity index (χ1v) is 10.3. The van der Waals surface area contributed by atoms with Gasteiger partial charge in [0.25, 0.3) is 0 Å². The average Bonchev–Trinajstić information content (AvgIpc) is 2.78. The lowest BCUT2D eigenvalue weighted by atomic mass is 10.0. The minimum atomic E-state index is -0.522. The highest BCUT2D eigenvalue weighted by molar-refractivity contribution is 8.00. The van der Waals surface area contributed by atoms with E-state index < -0.39 is 12.0 Å². The van der Waals surface area contributed by atoms with Gasteiger partial charge in [0.05, 0.1) is 7.11 Å². The van der Waals surface area contributed by atoms with Crippen molar-refractivity contribution in [3.8, 4) is 11.1 Å². The van der Waals surface area contributed by atoms with Gasteiger partial charge in [0.15, 0.2) is 0 Å². The van der Waals surface area contributed by atoms with Crippen LogP contribution in [0.5, 0.6) is 0 Å². The van der Waals surface area contributed by atoms with E-state index in [1.165, 1.54) is 23.1 Å². The van der Waals surface area contributed by atoms with Crippen LogP contribution in [0.3, 0.4) is 0 Å². The van der Waals surface area contributed by atoms with Crippen LogP contribution >= 0.6 is 24.2 Å². The minimum absolute atomic E-state index is 0. The monoisotopic (exact) mass is 444 g/mol. The first kappa shape index (κ1) is 23.7. The number of hydrogen-bond donors (Lipinski definition) is 1. The predicted octanol–water partition coefficient (Wildman–Crippen LogP) is 4.01. The average molecular weight is 445 g/mol. The molecule has 30 heavy (non-hydrogen) atoms. The van der Waals surface area contributed by atoms with Crippen molar-refractivity contribution in [1.29, 1.82) is 0 Å². The second-order valence-electron chi connectivity index (χ2n) is 6.77. The van der Waals surface area contributed by atoms with Gasteiger partial charge in [-0.1, -0.05) is 72.8 Å².